The van der Waals surface area contributed by atoms with Crippen molar-refractivity contribution in [1.82, 2.24) is 4.98 Å². The molecule has 0 saturated heterocycles. The molecule has 7 heteroatoms. The van der Waals surface area contributed by atoms with Gasteiger partial charge in [0.25, 0.3) is 0 Å². The van der Waals surface area contributed by atoms with E-state index in [2.05, 4.69) is 9.98 Å². The third kappa shape index (κ3) is 3.77. The maximum absolute atomic E-state index is 13.0. The van der Waals surface area contributed by atoms with E-state index in [9.17, 15) is 14.3 Å². The standard InChI is InChI=1S/C18H13FN2O3S/c1-24-18(23)15-16(22)14(10-13-4-2-3-9-20-13)25-17(15)21-12-7-5-11(19)6-8-12/h2-10,22H,1H3/b14-10+,21-17?. The van der Waals surface area contributed by atoms with Gasteiger partial charge in [-0.15, -0.1) is 0 Å². The lowest BCUT2D eigenvalue weighted by atomic mass is 10.2. The Labute approximate surface area is 147 Å². The molecular weight excluding hydrogens is 343 g/mol. The number of halogens is 1. The number of rotatable bonds is 3. The number of nitrogens with zero attached hydrogens (tertiary/aromatic N) is 2. The molecule has 0 bridgehead atoms. The predicted molar refractivity (Wildman–Crippen MR) is 95.0 cm³/mol. The van der Waals surface area contributed by atoms with Crippen molar-refractivity contribution in [3.8, 4) is 0 Å². The molecule has 126 valence electrons. The molecule has 0 unspecified atom stereocenters. The molecule has 1 aromatic heterocycles. The van der Waals surface area contributed by atoms with E-state index in [0.717, 1.165) is 11.8 Å². The predicted octanol–water partition coefficient (Wildman–Crippen LogP) is 4.02. The average Bonchev–Trinajstić information content (AvgIpc) is 2.92. The Hall–Kier alpha value is -2.93. The molecule has 3 rings (SSSR count). The molecule has 1 aromatic carbocycles. The van der Waals surface area contributed by atoms with Crippen molar-refractivity contribution in [3.05, 3.63) is 76.4 Å². The number of aromatic nitrogens is 1. The number of carbonyl (C=O) groups excluding carboxylic acids is 1. The summed E-state index contributed by atoms with van der Waals surface area (Å²) in [5, 5.41) is 10.7. The minimum absolute atomic E-state index is 0.0287. The molecule has 0 radical (unpaired) electrons. The van der Waals surface area contributed by atoms with Crippen LogP contribution in [0.4, 0.5) is 10.1 Å². The number of aliphatic hydroxyl groups excluding tert-OH is 1. The second kappa shape index (κ2) is 7.31. The van der Waals surface area contributed by atoms with Gasteiger partial charge in [-0.2, -0.15) is 0 Å². The number of hydrogen-bond donors (Lipinski definition) is 1. The summed E-state index contributed by atoms with van der Waals surface area (Å²) in [7, 11) is 1.23. The molecule has 2 aromatic rings. The van der Waals surface area contributed by atoms with Crippen LogP contribution in [0.15, 0.2) is 69.9 Å². The lowest BCUT2D eigenvalue weighted by Crippen LogP contribution is -2.10. The number of benzene rings is 1. The summed E-state index contributed by atoms with van der Waals surface area (Å²) in [6.45, 7) is 0. The van der Waals surface area contributed by atoms with E-state index in [1.54, 1.807) is 24.4 Å². The van der Waals surface area contributed by atoms with Crippen LogP contribution in [0, 0.1) is 5.82 Å². The number of esters is 1. The third-order valence-electron chi connectivity index (χ3n) is 3.30. The van der Waals surface area contributed by atoms with Crippen LogP contribution in [0.25, 0.3) is 6.08 Å². The number of pyridine rings is 1. The Balaban J connectivity index is 2.03. The first-order chi connectivity index (χ1) is 12.1. The van der Waals surface area contributed by atoms with Crippen LogP contribution < -0.4 is 0 Å². The molecule has 25 heavy (non-hydrogen) atoms. The van der Waals surface area contributed by atoms with Gasteiger partial charge in [0, 0.05) is 6.20 Å². The van der Waals surface area contributed by atoms with E-state index in [-0.39, 0.29) is 22.2 Å². The van der Waals surface area contributed by atoms with Crippen LogP contribution in [0.5, 0.6) is 0 Å². The second-order valence-corrected chi connectivity index (χ2v) is 6.00. The summed E-state index contributed by atoms with van der Waals surface area (Å²) in [4.78, 5) is 21.0. The SMILES string of the molecule is COC(=O)C1=C(O)/C(=C\c2ccccn2)SC1=Nc1ccc(F)cc1. The fourth-order valence-electron chi connectivity index (χ4n) is 2.12. The van der Waals surface area contributed by atoms with Gasteiger partial charge in [-0.05, 0) is 42.5 Å². The van der Waals surface area contributed by atoms with Gasteiger partial charge in [0.05, 0.1) is 23.4 Å². The number of aliphatic imine (C=N–C) groups is 1. The van der Waals surface area contributed by atoms with E-state index in [0.29, 0.717) is 16.3 Å². The molecule has 1 aliphatic heterocycles. The van der Waals surface area contributed by atoms with Crippen LogP contribution in [0.3, 0.4) is 0 Å². The highest BCUT2D eigenvalue weighted by atomic mass is 32.2. The van der Waals surface area contributed by atoms with Crippen LogP contribution in [0.2, 0.25) is 0 Å². The van der Waals surface area contributed by atoms with Crippen molar-refractivity contribution in [1.29, 1.82) is 0 Å². The number of methoxy groups -OCH3 is 1. The number of carbonyl (C=O) groups is 1. The van der Waals surface area contributed by atoms with E-state index in [1.165, 1.54) is 31.4 Å². The zero-order valence-corrected chi connectivity index (χ0v) is 14.0. The maximum Gasteiger partial charge on any atom is 0.344 e. The molecule has 0 saturated carbocycles. The largest absolute Gasteiger partial charge is 0.506 e. The first kappa shape index (κ1) is 16.9. The lowest BCUT2D eigenvalue weighted by Gasteiger charge is -2.01. The summed E-state index contributed by atoms with van der Waals surface area (Å²) in [6.07, 6.45) is 3.28. The van der Waals surface area contributed by atoms with Crippen LogP contribution in [-0.4, -0.2) is 28.2 Å². The minimum Gasteiger partial charge on any atom is -0.506 e. The van der Waals surface area contributed by atoms with Gasteiger partial charge in [0.1, 0.15) is 22.2 Å². The zero-order chi connectivity index (χ0) is 17.8. The summed E-state index contributed by atoms with van der Waals surface area (Å²) in [5.41, 5.74) is 1.06. The van der Waals surface area contributed by atoms with E-state index < -0.39 is 5.97 Å². The van der Waals surface area contributed by atoms with Gasteiger partial charge in [0.2, 0.25) is 0 Å². The highest BCUT2D eigenvalue weighted by Gasteiger charge is 2.33. The maximum atomic E-state index is 13.0. The third-order valence-corrected chi connectivity index (χ3v) is 4.32. The molecule has 1 aliphatic rings. The minimum atomic E-state index is -0.699. The molecule has 0 spiro atoms. The number of hydrogen-bond acceptors (Lipinski definition) is 6. The van der Waals surface area contributed by atoms with Crippen molar-refractivity contribution in [3.63, 3.8) is 0 Å². The highest BCUT2D eigenvalue weighted by Crippen LogP contribution is 2.39. The van der Waals surface area contributed by atoms with Gasteiger partial charge < -0.3 is 9.84 Å². The van der Waals surface area contributed by atoms with Crippen molar-refractivity contribution in [2.24, 2.45) is 4.99 Å². The van der Waals surface area contributed by atoms with Crippen molar-refractivity contribution in [2.45, 2.75) is 0 Å². The van der Waals surface area contributed by atoms with Gasteiger partial charge in [-0.1, -0.05) is 17.8 Å². The highest BCUT2D eigenvalue weighted by molar-refractivity contribution is 8.18. The van der Waals surface area contributed by atoms with E-state index in [1.807, 2.05) is 6.07 Å². The zero-order valence-electron chi connectivity index (χ0n) is 13.1. The Bertz CT molecular complexity index is 890. The summed E-state index contributed by atoms with van der Waals surface area (Å²) < 4.78 is 17.8. The fourth-order valence-corrected chi connectivity index (χ4v) is 3.14. The van der Waals surface area contributed by atoms with E-state index >= 15 is 0 Å². The Morgan fingerprint density at radius 1 is 1.28 bits per heavy atom. The summed E-state index contributed by atoms with van der Waals surface area (Å²) >= 11 is 1.12. The number of ether oxygens (including phenoxy) is 1. The first-order valence-corrected chi connectivity index (χ1v) is 8.07. The summed E-state index contributed by atoms with van der Waals surface area (Å²) in [5.74, 6) is -1.30. The fraction of sp³-hybridized carbons (Fsp3) is 0.0556. The van der Waals surface area contributed by atoms with Crippen molar-refractivity contribution in [2.75, 3.05) is 7.11 Å². The summed E-state index contributed by atoms with van der Waals surface area (Å²) in [6, 6.07) is 10.9. The smallest absolute Gasteiger partial charge is 0.344 e. The number of thioether (sulfide) groups is 1. The Kier molecular flexibility index (Phi) is 4.95. The quantitative estimate of drug-likeness (QED) is 0.841. The molecule has 0 atom stereocenters. The van der Waals surface area contributed by atoms with Crippen LogP contribution >= 0.6 is 11.8 Å². The van der Waals surface area contributed by atoms with Gasteiger partial charge >= 0.3 is 5.97 Å². The molecule has 0 amide bonds. The Morgan fingerprint density at radius 2 is 2.04 bits per heavy atom. The topological polar surface area (TPSA) is 71.8 Å². The van der Waals surface area contributed by atoms with Crippen molar-refractivity contribution < 1.29 is 19.0 Å². The van der Waals surface area contributed by atoms with Gasteiger partial charge in [-0.25, -0.2) is 14.2 Å². The van der Waals surface area contributed by atoms with Gasteiger partial charge in [0.15, 0.2) is 0 Å². The number of aliphatic hydroxyl groups is 1. The lowest BCUT2D eigenvalue weighted by molar-refractivity contribution is -0.135. The average molecular weight is 356 g/mol. The van der Waals surface area contributed by atoms with Crippen LogP contribution in [-0.2, 0) is 9.53 Å². The monoisotopic (exact) mass is 356 g/mol. The second-order valence-electron chi connectivity index (χ2n) is 4.97. The molecule has 0 aliphatic carbocycles. The molecule has 0 fully saturated rings. The molecular formula is C18H13FN2O3S. The first-order valence-electron chi connectivity index (χ1n) is 7.25. The van der Waals surface area contributed by atoms with Gasteiger partial charge in [-0.3, -0.25) is 4.98 Å². The van der Waals surface area contributed by atoms with E-state index in [4.69, 9.17) is 4.74 Å². The molecule has 5 nitrogen and oxygen atoms in total. The molecule has 2 heterocycles. The van der Waals surface area contributed by atoms with Crippen molar-refractivity contribution >= 4 is 34.5 Å². The molecule has 1 N–H and O–H groups in total. The Morgan fingerprint density at radius 3 is 2.68 bits per heavy atom. The van der Waals surface area contributed by atoms with Crippen LogP contribution in [0.1, 0.15) is 5.69 Å². The normalized spacial score (nSPS) is 17.4.